The summed E-state index contributed by atoms with van der Waals surface area (Å²) < 4.78 is 45.1. The molecule has 2 aromatic heterocycles. The number of carbonyl (C=O) groups excluding carboxylic acids is 3. The standard InChI is InChI=1S/C30H38N10O11S2/c1-30(2)24(27(43)40(30)51-53(46,47)48)36-26(42)23(21-16-52-29(32)35-21)37-50-22(28(44)45)15-49-20-6-4-19(5-7-20)34-25(41)18-13-38(9-3-8-31)39(14-18)12-17-10-33-11-17/h4-7,13-14,16-17,22,24,33H,3,8-12,15,31H2,1-2H3,(H5-,32,34,35,36,41,42,44,45,46,47,48)/p+1/b37-23-/t22?,24-/m1/s1. The Bertz CT molecular complexity index is 1980. The lowest BCUT2D eigenvalue weighted by atomic mass is 9.84. The number of nitrogens with two attached hydrogens (primary N) is 2. The Hall–Kier alpha value is -5.20. The molecule has 0 spiro atoms. The van der Waals surface area contributed by atoms with Gasteiger partial charge in [-0.1, -0.05) is 5.16 Å². The minimum absolute atomic E-state index is 0.0392. The number of ether oxygens (including phenoxy) is 1. The van der Waals surface area contributed by atoms with E-state index in [0.717, 1.165) is 37.4 Å². The van der Waals surface area contributed by atoms with E-state index in [1.54, 1.807) is 24.5 Å². The van der Waals surface area contributed by atoms with E-state index >= 15 is 0 Å². The fourth-order valence-corrected chi connectivity index (χ4v) is 6.26. The van der Waals surface area contributed by atoms with Gasteiger partial charge in [-0.05, 0) is 51.1 Å². The molecular formula is C30H39N10O11S2+. The van der Waals surface area contributed by atoms with Gasteiger partial charge in [-0.2, -0.15) is 18.2 Å². The number of benzene rings is 1. The van der Waals surface area contributed by atoms with Crippen LogP contribution >= 0.6 is 11.3 Å². The summed E-state index contributed by atoms with van der Waals surface area (Å²) in [6.45, 7) is 5.94. The molecule has 1 aromatic carbocycles. The van der Waals surface area contributed by atoms with Crippen LogP contribution in [0.5, 0.6) is 5.75 Å². The Labute approximate surface area is 306 Å². The number of amides is 3. The van der Waals surface area contributed by atoms with Crippen LogP contribution < -0.4 is 36.8 Å². The zero-order chi connectivity index (χ0) is 38.5. The number of β-lactam (4-membered cyclic amide) rings is 1. The number of thiazole rings is 1. The number of oxime groups is 1. The second-order valence-electron chi connectivity index (χ2n) is 12.6. The fraction of sp³-hybridized carbons (Fsp3) is 0.433. The van der Waals surface area contributed by atoms with Crippen molar-refractivity contribution in [3.8, 4) is 5.75 Å². The highest BCUT2D eigenvalue weighted by atomic mass is 32.3. The number of hydrogen-bond donors (Lipinski definition) is 7. The topological polar surface area (TPSA) is 296 Å². The maximum absolute atomic E-state index is 13.3. The molecule has 0 bridgehead atoms. The smallest absolute Gasteiger partial charge is 0.418 e. The Morgan fingerprint density at radius 3 is 2.53 bits per heavy atom. The van der Waals surface area contributed by atoms with Gasteiger partial charge in [0.25, 0.3) is 23.8 Å². The molecule has 0 saturated carbocycles. The van der Waals surface area contributed by atoms with Crippen molar-refractivity contribution in [3.63, 3.8) is 0 Å². The highest BCUT2D eigenvalue weighted by Gasteiger charge is 2.58. The summed E-state index contributed by atoms with van der Waals surface area (Å²) in [6.07, 6.45) is 2.61. The fourth-order valence-electron chi connectivity index (χ4n) is 5.26. The number of aryl methyl sites for hydroxylation is 1. The van der Waals surface area contributed by atoms with Gasteiger partial charge < -0.3 is 42.1 Å². The van der Waals surface area contributed by atoms with E-state index in [1.165, 1.54) is 31.4 Å². The average molecular weight is 780 g/mol. The normalized spacial score (nSPS) is 17.7. The van der Waals surface area contributed by atoms with Gasteiger partial charge in [0.2, 0.25) is 6.20 Å². The van der Waals surface area contributed by atoms with Gasteiger partial charge in [-0.15, -0.1) is 20.3 Å². The molecule has 23 heteroatoms. The number of carbonyl (C=O) groups is 4. The second-order valence-corrected chi connectivity index (χ2v) is 14.5. The zero-order valence-corrected chi connectivity index (χ0v) is 30.1. The van der Waals surface area contributed by atoms with Crippen molar-refractivity contribution in [2.24, 2.45) is 16.8 Å². The molecule has 2 aliphatic rings. The van der Waals surface area contributed by atoms with Gasteiger partial charge in [0.15, 0.2) is 17.4 Å². The van der Waals surface area contributed by atoms with Crippen LogP contribution in [0, 0.1) is 5.92 Å². The van der Waals surface area contributed by atoms with E-state index in [1.807, 2.05) is 9.36 Å². The van der Waals surface area contributed by atoms with Crippen LogP contribution in [0.25, 0.3) is 0 Å². The van der Waals surface area contributed by atoms with Gasteiger partial charge >= 0.3 is 16.4 Å². The van der Waals surface area contributed by atoms with E-state index in [-0.39, 0.29) is 22.5 Å². The van der Waals surface area contributed by atoms with Crippen molar-refractivity contribution in [3.05, 3.63) is 53.3 Å². The van der Waals surface area contributed by atoms with Gasteiger partial charge in [0.05, 0.1) is 18.3 Å². The molecule has 1 unspecified atom stereocenters. The largest absolute Gasteiger partial charge is 0.489 e. The minimum Gasteiger partial charge on any atom is -0.489 e. The number of carboxylic acids is 1. The minimum atomic E-state index is -5.04. The number of rotatable bonds is 18. The molecule has 3 amide bonds. The molecule has 2 aliphatic heterocycles. The molecule has 21 nitrogen and oxygen atoms in total. The first-order valence-corrected chi connectivity index (χ1v) is 18.3. The average Bonchev–Trinajstić information content (AvgIpc) is 3.70. The third-order valence-corrected chi connectivity index (χ3v) is 9.24. The number of aromatic nitrogens is 3. The number of nitrogens with one attached hydrogen (secondary N) is 3. The number of hydroxylamine groups is 2. The highest BCUT2D eigenvalue weighted by Crippen LogP contribution is 2.33. The summed E-state index contributed by atoms with van der Waals surface area (Å²) in [5.41, 5.74) is 10.2. The molecular weight excluding hydrogens is 741 g/mol. The quantitative estimate of drug-likeness (QED) is 0.0260. The number of carboxylic acid groups (broad SMARTS) is 1. The van der Waals surface area contributed by atoms with Crippen LogP contribution in [0.3, 0.4) is 0 Å². The van der Waals surface area contributed by atoms with E-state index in [0.29, 0.717) is 35.3 Å². The Morgan fingerprint density at radius 2 is 1.96 bits per heavy atom. The molecule has 286 valence electrons. The molecule has 0 aliphatic carbocycles. The molecule has 4 heterocycles. The lowest BCUT2D eigenvalue weighted by Crippen LogP contribution is -2.76. The summed E-state index contributed by atoms with van der Waals surface area (Å²) in [4.78, 5) is 60.1. The third-order valence-electron chi connectivity index (χ3n) is 8.23. The third kappa shape index (κ3) is 9.62. The van der Waals surface area contributed by atoms with Crippen molar-refractivity contribution in [2.45, 2.75) is 51.0 Å². The van der Waals surface area contributed by atoms with Crippen molar-refractivity contribution in [1.82, 2.24) is 25.4 Å². The summed E-state index contributed by atoms with van der Waals surface area (Å²) in [7, 11) is -5.04. The van der Waals surface area contributed by atoms with E-state index in [9.17, 15) is 32.7 Å². The van der Waals surface area contributed by atoms with Crippen LogP contribution in [-0.2, 0) is 47.0 Å². The van der Waals surface area contributed by atoms with E-state index < -0.39 is 58.2 Å². The van der Waals surface area contributed by atoms with Crippen molar-refractivity contribution >= 4 is 62.0 Å². The van der Waals surface area contributed by atoms with Crippen LogP contribution in [0.15, 0.2) is 47.2 Å². The van der Waals surface area contributed by atoms with Crippen molar-refractivity contribution in [2.75, 3.05) is 37.3 Å². The Morgan fingerprint density at radius 1 is 1.25 bits per heavy atom. The maximum Gasteiger partial charge on any atom is 0.418 e. The number of anilines is 2. The summed E-state index contributed by atoms with van der Waals surface area (Å²) in [6, 6.07) is 4.82. The van der Waals surface area contributed by atoms with Gasteiger partial charge in [0, 0.05) is 30.1 Å². The molecule has 2 saturated heterocycles. The SMILES string of the molecule is CC1(C)[C@H](NC(=O)/C(=N\OC(COc2ccc(NC(=O)c3cn(CCCN)[n+](CC4CNC4)c3)cc2)C(=O)O)c2csc(N)n2)C(=O)N1OS(=O)(=O)O. The van der Waals surface area contributed by atoms with E-state index in [4.69, 9.17) is 25.6 Å². The van der Waals surface area contributed by atoms with Crippen LogP contribution in [0.4, 0.5) is 10.8 Å². The lowest BCUT2D eigenvalue weighted by Gasteiger charge is -2.50. The van der Waals surface area contributed by atoms with E-state index in [2.05, 4.69) is 30.4 Å². The molecule has 2 fully saturated rings. The number of hydrogen-bond acceptors (Lipinski definition) is 15. The number of nitrogens with zero attached hydrogens (tertiary/aromatic N) is 5. The molecule has 9 N–H and O–H groups in total. The Kier molecular flexibility index (Phi) is 11.9. The van der Waals surface area contributed by atoms with Crippen molar-refractivity contribution in [1.29, 1.82) is 0 Å². The lowest BCUT2D eigenvalue weighted by molar-refractivity contribution is -0.781. The van der Waals surface area contributed by atoms with Crippen LogP contribution in [0.1, 0.15) is 36.3 Å². The zero-order valence-electron chi connectivity index (χ0n) is 28.5. The predicted octanol–water partition coefficient (Wildman–Crippen LogP) is -1.27. The van der Waals surface area contributed by atoms with Crippen LogP contribution in [-0.4, -0.2) is 106 Å². The summed E-state index contributed by atoms with van der Waals surface area (Å²) >= 11 is 0.942. The predicted molar refractivity (Wildman–Crippen MR) is 186 cm³/mol. The molecule has 5 rings (SSSR count). The molecule has 53 heavy (non-hydrogen) atoms. The number of nitrogen functional groups attached to an aromatic ring is 1. The first-order valence-electron chi connectivity index (χ1n) is 16.1. The molecule has 3 aromatic rings. The van der Waals surface area contributed by atoms with Gasteiger partial charge in [0.1, 0.15) is 29.7 Å². The monoisotopic (exact) mass is 779 g/mol. The maximum atomic E-state index is 13.3. The molecule has 0 radical (unpaired) electrons. The number of aliphatic carboxylic acids is 1. The summed E-state index contributed by atoms with van der Waals surface area (Å²) in [5, 5.41) is 23.7. The molecule has 2 atom stereocenters. The van der Waals surface area contributed by atoms with Gasteiger partial charge in [-0.3, -0.25) is 18.9 Å². The van der Waals surface area contributed by atoms with Gasteiger partial charge in [-0.25, -0.2) is 9.78 Å². The first kappa shape index (κ1) is 39.0. The second kappa shape index (κ2) is 16.2. The highest BCUT2D eigenvalue weighted by molar-refractivity contribution is 7.80. The summed E-state index contributed by atoms with van der Waals surface area (Å²) in [5.74, 6) is -3.16. The van der Waals surface area contributed by atoms with Crippen LogP contribution in [0.2, 0.25) is 0 Å². The van der Waals surface area contributed by atoms with Crippen molar-refractivity contribution < 1.29 is 55.8 Å². The first-order chi connectivity index (χ1) is 25.0. The Balaban J connectivity index is 1.21.